The SMILES string of the molecule is NCc1cccc(F)c1Sc1ccc(C(F)(F)F)cn1. The summed E-state index contributed by atoms with van der Waals surface area (Å²) in [5.74, 6) is -0.473. The summed E-state index contributed by atoms with van der Waals surface area (Å²) in [6.45, 7) is 0.140. The van der Waals surface area contributed by atoms with Crippen molar-refractivity contribution < 1.29 is 17.6 Å². The Bertz CT molecular complexity index is 596. The van der Waals surface area contributed by atoms with Crippen molar-refractivity contribution >= 4 is 11.8 Å². The Balaban J connectivity index is 2.27. The van der Waals surface area contributed by atoms with Crippen molar-refractivity contribution in [3.8, 4) is 0 Å². The van der Waals surface area contributed by atoms with Crippen LogP contribution in [0.3, 0.4) is 0 Å². The Morgan fingerprint density at radius 1 is 1.15 bits per heavy atom. The molecule has 1 aromatic carbocycles. The van der Waals surface area contributed by atoms with Crippen LogP contribution in [0.25, 0.3) is 0 Å². The molecule has 7 heteroatoms. The highest BCUT2D eigenvalue weighted by Gasteiger charge is 2.30. The van der Waals surface area contributed by atoms with Crippen molar-refractivity contribution in [3.05, 3.63) is 53.5 Å². The lowest BCUT2D eigenvalue weighted by Crippen LogP contribution is -2.05. The van der Waals surface area contributed by atoms with Gasteiger partial charge < -0.3 is 5.73 Å². The van der Waals surface area contributed by atoms with Crippen molar-refractivity contribution in [3.63, 3.8) is 0 Å². The van der Waals surface area contributed by atoms with Crippen LogP contribution in [0.4, 0.5) is 17.6 Å². The van der Waals surface area contributed by atoms with Crippen molar-refractivity contribution in [2.75, 3.05) is 0 Å². The molecular weight excluding hydrogens is 292 g/mol. The molecule has 2 rings (SSSR count). The van der Waals surface area contributed by atoms with E-state index in [0.717, 1.165) is 24.0 Å². The number of nitrogens with zero attached hydrogens (tertiary/aromatic N) is 1. The summed E-state index contributed by atoms with van der Waals surface area (Å²) in [6.07, 6.45) is -3.71. The minimum atomic E-state index is -4.43. The molecule has 0 bridgehead atoms. The number of rotatable bonds is 3. The minimum absolute atomic E-state index is 0.140. The molecule has 0 saturated carbocycles. The molecule has 2 nitrogen and oxygen atoms in total. The standard InChI is InChI=1S/C13H10F4N2S/c14-10-3-1-2-8(6-18)12(10)20-11-5-4-9(7-19-11)13(15,16)17/h1-5,7H,6,18H2. The monoisotopic (exact) mass is 302 g/mol. The van der Waals surface area contributed by atoms with Gasteiger partial charge in [0.05, 0.1) is 10.5 Å². The molecule has 0 atom stereocenters. The van der Waals surface area contributed by atoms with Gasteiger partial charge in [-0.3, -0.25) is 0 Å². The molecule has 2 aromatic rings. The number of hydrogen-bond acceptors (Lipinski definition) is 3. The van der Waals surface area contributed by atoms with Crippen LogP contribution in [0.1, 0.15) is 11.1 Å². The number of hydrogen-bond donors (Lipinski definition) is 1. The Morgan fingerprint density at radius 2 is 1.90 bits per heavy atom. The second-order valence-corrected chi connectivity index (χ2v) is 4.95. The first-order valence-corrected chi connectivity index (χ1v) is 6.42. The maximum Gasteiger partial charge on any atom is 0.417 e. The van der Waals surface area contributed by atoms with Gasteiger partial charge in [0.15, 0.2) is 0 Å². The molecule has 1 aromatic heterocycles. The van der Waals surface area contributed by atoms with Gasteiger partial charge in [0, 0.05) is 12.7 Å². The topological polar surface area (TPSA) is 38.9 Å². The number of benzene rings is 1. The average molecular weight is 302 g/mol. The van der Waals surface area contributed by atoms with E-state index < -0.39 is 17.6 Å². The molecule has 0 fully saturated rings. The Kier molecular flexibility index (Phi) is 4.29. The number of halogens is 4. The molecular formula is C13H10F4N2S. The van der Waals surface area contributed by atoms with Gasteiger partial charge in [-0.2, -0.15) is 13.2 Å². The zero-order chi connectivity index (χ0) is 14.8. The van der Waals surface area contributed by atoms with Gasteiger partial charge in [-0.1, -0.05) is 23.9 Å². The second-order valence-electron chi connectivity index (χ2n) is 3.92. The van der Waals surface area contributed by atoms with Crippen LogP contribution >= 0.6 is 11.8 Å². The van der Waals surface area contributed by atoms with E-state index in [1.165, 1.54) is 18.2 Å². The van der Waals surface area contributed by atoms with Crippen molar-refractivity contribution in [1.82, 2.24) is 4.98 Å². The normalized spacial score (nSPS) is 11.7. The average Bonchev–Trinajstić information content (AvgIpc) is 2.40. The van der Waals surface area contributed by atoms with Crippen LogP contribution in [-0.4, -0.2) is 4.98 Å². The Hall–Kier alpha value is -1.60. The van der Waals surface area contributed by atoms with E-state index in [1.807, 2.05) is 0 Å². The fraction of sp³-hybridized carbons (Fsp3) is 0.154. The summed E-state index contributed by atoms with van der Waals surface area (Å²) in [5.41, 5.74) is 5.25. The molecule has 0 unspecified atom stereocenters. The van der Waals surface area contributed by atoms with Gasteiger partial charge in [-0.05, 0) is 23.8 Å². The predicted octanol–water partition coefficient (Wildman–Crippen LogP) is 3.85. The predicted molar refractivity (Wildman–Crippen MR) is 67.7 cm³/mol. The van der Waals surface area contributed by atoms with Crippen molar-refractivity contribution in [1.29, 1.82) is 0 Å². The molecule has 0 aliphatic carbocycles. The lowest BCUT2D eigenvalue weighted by Gasteiger charge is -2.09. The quantitative estimate of drug-likeness (QED) is 0.875. The largest absolute Gasteiger partial charge is 0.417 e. The van der Waals surface area contributed by atoms with Crippen LogP contribution in [0.15, 0.2) is 46.5 Å². The zero-order valence-corrected chi connectivity index (χ0v) is 10.9. The third-order valence-corrected chi connectivity index (χ3v) is 3.65. The summed E-state index contributed by atoms with van der Waals surface area (Å²) in [5, 5.41) is 0.276. The van der Waals surface area contributed by atoms with E-state index in [0.29, 0.717) is 5.56 Å². The molecule has 0 radical (unpaired) electrons. The molecule has 106 valence electrons. The third kappa shape index (κ3) is 3.29. The van der Waals surface area contributed by atoms with E-state index in [2.05, 4.69) is 4.98 Å². The summed E-state index contributed by atoms with van der Waals surface area (Å²) < 4.78 is 50.9. The fourth-order valence-corrected chi connectivity index (χ4v) is 2.44. The fourth-order valence-electron chi connectivity index (χ4n) is 1.54. The van der Waals surface area contributed by atoms with Crippen molar-refractivity contribution in [2.24, 2.45) is 5.73 Å². The smallest absolute Gasteiger partial charge is 0.326 e. The van der Waals surface area contributed by atoms with Crippen LogP contribution in [-0.2, 0) is 12.7 Å². The van der Waals surface area contributed by atoms with Gasteiger partial charge in [0.2, 0.25) is 0 Å². The number of pyridine rings is 1. The first-order chi connectivity index (χ1) is 9.41. The molecule has 0 amide bonds. The van der Waals surface area contributed by atoms with E-state index in [1.54, 1.807) is 6.07 Å². The number of alkyl halides is 3. The first-order valence-electron chi connectivity index (χ1n) is 5.60. The van der Waals surface area contributed by atoms with Crippen LogP contribution < -0.4 is 5.73 Å². The molecule has 1 heterocycles. The summed E-state index contributed by atoms with van der Waals surface area (Å²) in [6, 6.07) is 6.58. The summed E-state index contributed by atoms with van der Waals surface area (Å²) in [7, 11) is 0. The van der Waals surface area contributed by atoms with Gasteiger partial charge >= 0.3 is 6.18 Å². The highest BCUT2D eigenvalue weighted by atomic mass is 32.2. The number of aromatic nitrogens is 1. The summed E-state index contributed by atoms with van der Waals surface area (Å²) in [4.78, 5) is 3.97. The molecule has 0 aliphatic heterocycles. The van der Waals surface area contributed by atoms with E-state index in [4.69, 9.17) is 5.73 Å². The zero-order valence-electron chi connectivity index (χ0n) is 10.1. The van der Waals surface area contributed by atoms with E-state index in [9.17, 15) is 17.6 Å². The van der Waals surface area contributed by atoms with Gasteiger partial charge in [-0.25, -0.2) is 9.37 Å². The third-order valence-electron chi connectivity index (χ3n) is 2.54. The minimum Gasteiger partial charge on any atom is -0.326 e. The molecule has 0 aliphatic rings. The second kappa shape index (κ2) is 5.80. The maximum absolute atomic E-state index is 13.7. The number of nitrogens with two attached hydrogens (primary N) is 1. The Morgan fingerprint density at radius 3 is 2.45 bits per heavy atom. The molecule has 0 saturated heterocycles. The lowest BCUT2D eigenvalue weighted by atomic mass is 10.2. The highest BCUT2D eigenvalue weighted by molar-refractivity contribution is 7.99. The maximum atomic E-state index is 13.7. The lowest BCUT2D eigenvalue weighted by molar-refractivity contribution is -0.137. The van der Waals surface area contributed by atoms with Crippen LogP contribution in [0, 0.1) is 5.82 Å². The Labute approximate surface area is 117 Å². The van der Waals surface area contributed by atoms with Crippen LogP contribution in [0.5, 0.6) is 0 Å². The highest BCUT2D eigenvalue weighted by Crippen LogP contribution is 2.33. The first kappa shape index (κ1) is 14.8. The molecule has 0 spiro atoms. The molecule has 20 heavy (non-hydrogen) atoms. The van der Waals surface area contributed by atoms with Gasteiger partial charge in [0.1, 0.15) is 10.8 Å². The van der Waals surface area contributed by atoms with E-state index in [-0.39, 0.29) is 16.5 Å². The van der Waals surface area contributed by atoms with Gasteiger partial charge in [-0.15, -0.1) is 0 Å². The van der Waals surface area contributed by atoms with E-state index >= 15 is 0 Å². The van der Waals surface area contributed by atoms with Gasteiger partial charge in [0.25, 0.3) is 0 Å². The van der Waals surface area contributed by atoms with Crippen LogP contribution in [0.2, 0.25) is 0 Å². The molecule has 2 N–H and O–H groups in total. The van der Waals surface area contributed by atoms with Crippen molar-refractivity contribution in [2.45, 2.75) is 22.6 Å². The summed E-state index contributed by atoms with van der Waals surface area (Å²) >= 11 is 0.951.